The number of nitrogens with two attached hydrogens (primary N) is 1. The number of aromatic nitrogens is 1. The minimum Gasteiger partial charge on any atom is -0.397 e. The number of thiophene rings is 1. The normalized spacial score (nSPS) is 15.6. The van der Waals surface area contributed by atoms with E-state index in [1.165, 1.54) is 17.8 Å². The molecule has 1 saturated carbocycles. The van der Waals surface area contributed by atoms with Crippen LogP contribution in [0.15, 0.2) is 12.1 Å². The van der Waals surface area contributed by atoms with Gasteiger partial charge in [-0.1, -0.05) is 0 Å². The zero-order valence-corrected chi connectivity index (χ0v) is 11.0. The highest BCUT2D eigenvalue weighted by Gasteiger charge is 2.23. The van der Waals surface area contributed by atoms with E-state index in [1.54, 1.807) is 0 Å². The molecule has 2 aromatic heterocycles. The predicted molar refractivity (Wildman–Crippen MR) is 73.9 cm³/mol. The third-order valence-electron chi connectivity index (χ3n) is 3.38. The number of fused-ring (bicyclic) bond motifs is 1. The Kier molecular flexibility index (Phi) is 2.70. The summed E-state index contributed by atoms with van der Waals surface area (Å²) in [5.41, 5.74) is 7.53. The monoisotopic (exact) mass is 261 g/mol. The van der Waals surface area contributed by atoms with Gasteiger partial charge in [-0.2, -0.15) is 0 Å². The molecule has 0 aliphatic heterocycles. The number of hydrogen-bond acceptors (Lipinski definition) is 4. The van der Waals surface area contributed by atoms with Gasteiger partial charge in [0.05, 0.1) is 5.69 Å². The van der Waals surface area contributed by atoms with Crippen molar-refractivity contribution >= 4 is 33.1 Å². The smallest absolute Gasteiger partial charge is 0.263 e. The van der Waals surface area contributed by atoms with Crippen molar-refractivity contribution in [1.29, 1.82) is 0 Å². The van der Waals surface area contributed by atoms with Gasteiger partial charge in [0, 0.05) is 17.1 Å². The van der Waals surface area contributed by atoms with E-state index in [1.807, 2.05) is 19.1 Å². The summed E-state index contributed by atoms with van der Waals surface area (Å²) in [4.78, 5) is 18.0. The molecule has 0 aromatic carbocycles. The molecule has 3 rings (SSSR count). The summed E-state index contributed by atoms with van der Waals surface area (Å²) in [6.45, 7) is 1.93. The first-order valence-electron chi connectivity index (χ1n) is 6.11. The summed E-state index contributed by atoms with van der Waals surface area (Å²) < 4.78 is 0. The van der Waals surface area contributed by atoms with Crippen molar-refractivity contribution in [2.45, 2.75) is 32.2 Å². The van der Waals surface area contributed by atoms with Crippen LogP contribution in [-0.4, -0.2) is 16.9 Å². The zero-order chi connectivity index (χ0) is 12.7. The van der Waals surface area contributed by atoms with Crippen LogP contribution in [0, 0.1) is 6.92 Å². The Morgan fingerprint density at radius 1 is 1.50 bits per heavy atom. The van der Waals surface area contributed by atoms with Crippen LogP contribution >= 0.6 is 11.3 Å². The molecule has 0 atom stereocenters. The van der Waals surface area contributed by atoms with Crippen molar-refractivity contribution in [2.75, 3.05) is 5.73 Å². The maximum atomic E-state index is 12.1. The Morgan fingerprint density at radius 3 is 2.94 bits per heavy atom. The van der Waals surface area contributed by atoms with E-state index in [0.29, 0.717) is 16.6 Å². The fourth-order valence-corrected chi connectivity index (χ4v) is 3.10. The van der Waals surface area contributed by atoms with Gasteiger partial charge in [0.15, 0.2) is 0 Å². The van der Waals surface area contributed by atoms with Gasteiger partial charge in [0.25, 0.3) is 5.91 Å². The molecule has 2 heterocycles. The first-order chi connectivity index (χ1) is 8.65. The highest BCUT2D eigenvalue weighted by Crippen LogP contribution is 2.32. The largest absolute Gasteiger partial charge is 0.397 e. The van der Waals surface area contributed by atoms with Gasteiger partial charge in [-0.05, 0) is 38.3 Å². The van der Waals surface area contributed by atoms with Gasteiger partial charge in [-0.25, -0.2) is 4.98 Å². The molecular formula is C13H15N3OS. The van der Waals surface area contributed by atoms with E-state index in [-0.39, 0.29) is 5.91 Å². The molecule has 1 aliphatic carbocycles. The second kappa shape index (κ2) is 4.24. The summed E-state index contributed by atoms with van der Waals surface area (Å²) in [7, 11) is 0. The average molecular weight is 261 g/mol. The Labute approximate surface area is 109 Å². The first-order valence-corrected chi connectivity index (χ1v) is 6.93. The number of rotatable bonds is 2. The van der Waals surface area contributed by atoms with E-state index in [9.17, 15) is 4.79 Å². The van der Waals surface area contributed by atoms with E-state index in [0.717, 1.165) is 28.8 Å². The standard InChI is InChI=1S/C13H15N3OS/c1-7-5-6-9-10(14)11(18-13(9)15-7)12(17)16-8-3-2-4-8/h5-6,8H,2-4,14H2,1H3,(H,16,17). The van der Waals surface area contributed by atoms with Crippen LogP contribution in [0.1, 0.15) is 34.6 Å². The van der Waals surface area contributed by atoms with Gasteiger partial charge in [0.2, 0.25) is 0 Å². The Bertz CT molecular complexity index is 616. The maximum Gasteiger partial charge on any atom is 0.263 e. The first kappa shape index (κ1) is 11.5. The van der Waals surface area contributed by atoms with Gasteiger partial charge in [0.1, 0.15) is 9.71 Å². The quantitative estimate of drug-likeness (QED) is 0.872. The lowest BCUT2D eigenvalue weighted by Gasteiger charge is -2.26. The third kappa shape index (κ3) is 1.84. The minimum atomic E-state index is -0.0575. The summed E-state index contributed by atoms with van der Waals surface area (Å²) >= 11 is 1.37. The van der Waals surface area contributed by atoms with E-state index in [4.69, 9.17) is 5.73 Å². The Balaban J connectivity index is 1.95. The minimum absolute atomic E-state index is 0.0575. The van der Waals surface area contributed by atoms with Crippen molar-refractivity contribution in [3.05, 3.63) is 22.7 Å². The van der Waals surface area contributed by atoms with E-state index >= 15 is 0 Å². The van der Waals surface area contributed by atoms with Gasteiger partial charge >= 0.3 is 0 Å². The summed E-state index contributed by atoms with van der Waals surface area (Å²) in [5, 5.41) is 3.89. The lowest BCUT2D eigenvalue weighted by molar-refractivity contribution is 0.0922. The highest BCUT2D eigenvalue weighted by atomic mass is 32.1. The number of carbonyl (C=O) groups is 1. The second-order valence-electron chi connectivity index (χ2n) is 4.75. The van der Waals surface area contributed by atoms with Crippen molar-refractivity contribution in [3.8, 4) is 0 Å². The predicted octanol–water partition coefficient (Wildman–Crippen LogP) is 2.47. The number of pyridine rings is 1. The molecule has 0 spiro atoms. The number of nitrogens with zero attached hydrogens (tertiary/aromatic N) is 1. The molecule has 0 saturated heterocycles. The van der Waals surface area contributed by atoms with Crippen molar-refractivity contribution < 1.29 is 4.79 Å². The molecule has 0 radical (unpaired) electrons. The summed E-state index contributed by atoms with van der Waals surface area (Å²) in [6, 6.07) is 4.18. The van der Waals surface area contributed by atoms with Crippen LogP contribution in [0.3, 0.4) is 0 Å². The molecule has 1 fully saturated rings. The molecule has 5 heteroatoms. The third-order valence-corrected chi connectivity index (χ3v) is 4.49. The lowest BCUT2D eigenvalue weighted by atomic mass is 9.93. The van der Waals surface area contributed by atoms with Crippen LogP contribution in [0.4, 0.5) is 5.69 Å². The number of amides is 1. The second-order valence-corrected chi connectivity index (χ2v) is 5.75. The number of hydrogen-bond donors (Lipinski definition) is 2. The number of anilines is 1. The van der Waals surface area contributed by atoms with Crippen LogP contribution < -0.4 is 11.1 Å². The van der Waals surface area contributed by atoms with E-state index in [2.05, 4.69) is 10.3 Å². The van der Waals surface area contributed by atoms with Crippen molar-refractivity contribution in [3.63, 3.8) is 0 Å². The number of nitrogen functional groups attached to an aromatic ring is 1. The van der Waals surface area contributed by atoms with Gasteiger partial charge in [-0.3, -0.25) is 4.79 Å². The SMILES string of the molecule is Cc1ccc2c(N)c(C(=O)NC3CCC3)sc2n1. The molecule has 0 bridgehead atoms. The molecule has 18 heavy (non-hydrogen) atoms. The van der Waals surface area contributed by atoms with Crippen molar-refractivity contribution in [2.24, 2.45) is 0 Å². The molecule has 1 aliphatic rings. The van der Waals surface area contributed by atoms with Crippen LogP contribution in [-0.2, 0) is 0 Å². The molecular weight excluding hydrogens is 246 g/mol. The number of nitrogens with one attached hydrogen (secondary N) is 1. The zero-order valence-electron chi connectivity index (χ0n) is 10.2. The summed E-state index contributed by atoms with van der Waals surface area (Å²) in [6.07, 6.45) is 3.36. The van der Waals surface area contributed by atoms with Gasteiger partial charge in [-0.15, -0.1) is 11.3 Å². The maximum absolute atomic E-state index is 12.1. The van der Waals surface area contributed by atoms with E-state index < -0.39 is 0 Å². The molecule has 2 aromatic rings. The van der Waals surface area contributed by atoms with Crippen molar-refractivity contribution in [1.82, 2.24) is 10.3 Å². The number of aryl methyl sites for hydroxylation is 1. The topological polar surface area (TPSA) is 68.0 Å². The highest BCUT2D eigenvalue weighted by molar-refractivity contribution is 7.21. The Hall–Kier alpha value is -1.62. The lowest BCUT2D eigenvalue weighted by Crippen LogP contribution is -2.39. The summed E-state index contributed by atoms with van der Waals surface area (Å²) in [5.74, 6) is -0.0575. The Morgan fingerprint density at radius 2 is 2.28 bits per heavy atom. The molecule has 0 unspecified atom stereocenters. The van der Waals surface area contributed by atoms with Crippen LogP contribution in [0.25, 0.3) is 10.2 Å². The molecule has 4 nitrogen and oxygen atoms in total. The fraction of sp³-hybridized carbons (Fsp3) is 0.385. The van der Waals surface area contributed by atoms with Crippen LogP contribution in [0.5, 0.6) is 0 Å². The van der Waals surface area contributed by atoms with Gasteiger partial charge < -0.3 is 11.1 Å². The molecule has 1 amide bonds. The fourth-order valence-electron chi connectivity index (χ4n) is 2.06. The molecule has 3 N–H and O–H groups in total. The molecule has 94 valence electrons. The van der Waals surface area contributed by atoms with Crippen LogP contribution in [0.2, 0.25) is 0 Å². The number of carbonyl (C=O) groups excluding carboxylic acids is 1. The average Bonchev–Trinajstić information content (AvgIpc) is 2.60.